The number of carbonyl (C=O) groups excluding carboxylic acids is 1. The highest BCUT2D eigenvalue weighted by atomic mass is 32.1. The minimum atomic E-state index is -0.269. The largest absolute Gasteiger partial charge is 0.352 e. The first-order valence-electron chi connectivity index (χ1n) is 6.17. The molecule has 0 radical (unpaired) electrons. The van der Waals surface area contributed by atoms with E-state index in [4.69, 9.17) is 12.2 Å². The van der Waals surface area contributed by atoms with Crippen molar-refractivity contribution >= 4 is 23.8 Å². The number of nitrogens with zero attached hydrogens (tertiary/aromatic N) is 3. The predicted molar refractivity (Wildman–Crippen MR) is 80.9 cm³/mol. The van der Waals surface area contributed by atoms with Gasteiger partial charge in [0.15, 0.2) is 0 Å². The third-order valence-electron chi connectivity index (χ3n) is 2.84. The number of aromatic nitrogens is 4. The maximum absolute atomic E-state index is 12.1. The lowest BCUT2D eigenvalue weighted by Crippen LogP contribution is -2.13. The first kappa shape index (κ1) is 13.2. The number of aromatic amines is 1. The molecule has 0 saturated heterocycles. The van der Waals surface area contributed by atoms with Gasteiger partial charge in [0.25, 0.3) is 5.91 Å². The fourth-order valence-electron chi connectivity index (χ4n) is 1.81. The Morgan fingerprint density at radius 2 is 2.24 bits per heavy atom. The van der Waals surface area contributed by atoms with Crippen LogP contribution in [0.2, 0.25) is 0 Å². The van der Waals surface area contributed by atoms with Crippen LogP contribution in [0.4, 0.5) is 5.69 Å². The van der Waals surface area contributed by atoms with Crippen LogP contribution in [0, 0.1) is 4.64 Å². The van der Waals surface area contributed by atoms with E-state index in [2.05, 4.69) is 20.3 Å². The molecule has 3 rings (SSSR count). The van der Waals surface area contributed by atoms with Crippen LogP contribution in [-0.4, -0.2) is 25.4 Å². The molecular weight excluding hydrogens is 286 g/mol. The topological polar surface area (TPSA) is 75.6 Å². The molecule has 21 heavy (non-hydrogen) atoms. The molecule has 0 aliphatic heterocycles. The molecule has 0 aromatic carbocycles. The summed E-state index contributed by atoms with van der Waals surface area (Å²) in [5, 5.41) is 2.76. The molecule has 3 aromatic rings. The highest BCUT2D eigenvalue weighted by Crippen LogP contribution is 2.11. The third kappa shape index (κ3) is 2.87. The quantitative estimate of drug-likeness (QED) is 0.729. The molecule has 2 N–H and O–H groups in total. The average Bonchev–Trinajstić information content (AvgIpc) is 3.02. The Bertz CT molecular complexity index is 808. The van der Waals surface area contributed by atoms with Crippen molar-refractivity contribution in [2.24, 2.45) is 0 Å². The number of hydrogen-bond acceptors (Lipinski definition) is 4. The van der Waals surface area contributed by atoms with E-state index >= 15 is 0 Å². The van der Waals surface area contributed by atoms with E-state index in [1.807, 2.05) is 0 Å². The zero-order valence-electron chi connectivity index (χ0n) is 10.9. The van der Waals surface area contributed by atoms with Gasteiger partial charge in [-0.3, -0.25) is 9.36 Å². The van der Waals surface area contributed by atoms with E-state index in [1.54, 1.807) is 59.9 Å². The number of rotatable bonds is 3. The molecule has 0 fully saturated rings. The van der Waals surface area contributed by atoms with Crippen LogP contribution in [0.3, 0.4) is 0 Å². The first-order chi connectivity index (χ1) is 10.2. The molecule has 7 heteroatoms. The van der Waals surface area contributed by atoms with Crippen LogP contribution in [0.1, 0.15) is 10.4 Å². The summed E-state index contributed by atoms with van der Waals surface area (Å²) in [7, 11) is 0. The van der Waals surface area contributed by atoms with Crippen LogP contribution in [-0.2, 0) is 0 Å². The monoisotopic (exact) mass is 297 g/mol. The van der Waals surface area contributed by atoms with E-state index in [9.17, 15) is 4.79 Å². The lowest BCUT2D eigenvalue weighted by atomic mass is 10.2. The van der Waals surface area contributed by atoms with Crippen molar-refractivity contribution < 1.29 is 4.79 Å². The van der Waals surface area contributed by atoms with Crippen molar-refractivity contribution in [1.82, 2.24) is 19.5 Å². The van der Waals surface area contributed by atoms with Crippen LogP contribution in [0.5, 0.6) is 0 Å². The summed E-state index contributed by atoms with van der Waals surface area (Å²) in [6.07, 6.45) is 8.39. The Hall–Kier alpha value is -2.80. The number of imidazole rings is 1. The summed E-state index contributed by atoms with van der Waals surface area (Å²) in [5.41, 5.74) is 1.02. The number of H-pyrrole nitrogens is 1. The molecule has 0 saturated carbocycles. The normalized spacial score (nSPS) is 10.3. The fraction of sp³-hybridized carbons (Fsp3) is 0. The second kappa shape index (κ2) is 5.68. The van der Waals surface area contributed by atoms with Gasteiger partial charge >= 0.3 is 0 Å². The summed E-state index contributed by atoms with van der Waals surface area (Å²) < 4.78 is 2.18. The maximum Gasteiger partial charge on any atom is 0.258 e. The number of pyridine rings is 2. The summed E-state index contributed by atoms with van der Waals surface area (Å²) in [6.45, 7) is 0. The highest BCUT2D eigenvalue weighted by Gasteiger charge is 2.08. The number of amides is 1. The first-order valence-corrected chi connectivity index (χ1v) is 6.58. The van der Waals surface area contributed by atoms with Crippen LogP contribution in [0.25, 0.3) is 5.82 Å². The standard InChI is InChI=1S/C14H11N5OS/c20-13(11-2-1-5-16-14(11)21)18-10-3-4-12(17-8-10)19-7-6-15-9-19/h1-9H,(H,16,21)(H,18,20). The van der Waals surface area contributed by atoms with Gasteiger partial charge in [-0.15, -0.1) is 0 Å². The second-order valence-electron chi connectivity index (χ2n) is 4.24. The average molecular weight is 297 g/mol. The van der Waals surface area contributed by atoms with Gasteiger partial charge in [-0.2, -0.15) is 0 Å². The number of hydrogen-bond donors (Lipinski definition) is 2. The van der Waals surface area contributed by atoms with Gasteiger partial charge in [-0.25, -0.2) is 9.97 Å². The van der Waals surface area contributed by atoms with Crippen molar-refractivity contribution in [3.8, 4) is 5.82 Å². The Balaban J connectivity index is 1.78. The predicted octanol–water partition coefficient (Wildman–Crippen LogP) is 2.58. The minimum absolute atomic E-state index is 0.269. The lowest BCUT2D eigenvalue weighted by molar-refractivity contribution is 0.102. The Labute approximate surface area is 125 Å². The smallest absolute Gasteiger partial charge is 0.258 e. The molecule has 0 unspecified atom stereocenters. The van der Waals surface area contributed by atoms with Crippen molar-refractivity contribution in [1.29, 1.82) is 0 Å². The maximum atomic E-state index is 12.1. The van der Waals surface area contributed by atoms with Gasteiger partial charge in [-0.05, 0) is 24.3 Å². The molecule has 0 atom stereocenters. The van der Waals surface area contributed by atoms with Crippen molar-refractivity contribution in [2.75, 3.05) is 5.32 Å². The SMILES string of the molecule is O=C(Nc1ccc(-n2ccnc2)nc1)c1ccc[nH]c1=S. The van der Waals surface area contributed by atoms with Gasteiger partial charge in [0.2, 0.25) is 0 Å². The molecule has 3 aromatic heterocycles. The van der Waals surface area contributed by atoms with Gasteiger partial charge in [-0.1, -0.05) is 12.2 Å². The van der Waals surface area contributed by atoms with Gasteiger partial charge in [0, 0.05) is 18.6 Å². The second-order valence-corrected chi connectivity index (χ2v) is 4.65. The molecule has 0 bridgehead atoms. The van der Waals surface area contributed by atoms with Crippen LogP contribution >= 0.6 is 12.2 Å². The van der Waals surface area contributed by atoms with E-state index in [1.165, 1.54) is 0 Å². The summed E-state index contributed by atoms with van der Waals surface area (Å²) in [4.78, 5) is 23.2. The van der Waals surface area contributed by atoms with Gasteiger partial charge in [0.05, 0.1) is 17.4 Å². The van der Waals surface area contributed by atoms with Crippen molar-refractivity contribution in [3.63, 3.8) is 0 Å². The summed E-state index contributed by atoms with van der Waals surface area (Å²) in [6, 6.07) is 6.96. The molecule has 1 amide bonds. The minimum Gasteiger partial charge on any atom is -0.352 e. The molecule has 0 aliphatic rings. The Morgan fingerprint density at radius 3 is 2.90 bits per heavy atom. The molecule has 104 valence electrons. The molecule has 0 aliphatic carbocycles. The van der Waals surface area contributed by atoms with Crippen LogP contribution in [0.15, 0.2) is 55.4 Å². The number of carbonyl (C=O) groups is 1. The van der Waals surface area contributed by atoms with E-state index in [0.29, 0.717) is 15.9 Å². The third-order valence-corrected chi connectivity index (χ3v) is 3.18. The molecular formula is C14H11N5OS. The lowest BCUT2D eigenvalue weighted by Gasteiger charge is -2.06. The van der Waals surface area contributed by atoms with E-state index in [-0.39, 0.29) is 5.91 Å². The summed E-state index contributed by atoms with van der Waals surface area (Å²) in [5.74, 6) is 0.455. The Morgan fingerprint density at radius 1 is 1.33 bits per heavy atom. The molecule has 6 nitrogen and oxygen atoms in total. The van der Waals surface area contributed by atoms with Crippen molar-refractivity contribution in [3.05, 3.63) is 65.6 Å². The zero-order chi connectivity index (χ0) is 14.7. The molecule has 0 spiro atoms. The fourth-order valence-corrected chi connectivity index (χ4v) is 2.03. The van der Waals surface area contributed by atoms with Crippen molar-refractivity contribution in [2.45, 2.75) is 0 Å². The zero-order valence-corrected chi connectivity index (χ0v) is 11.7. The summed E-state index contributed by atoms with van der Waals surface area (Å²) >= 11 is 5.08. The number of nitrogens with one attached hydrogen (secondary N) is 2. The van der Waals surface area contributed by atoms with Gasteiger partial charge < -0.3 is 10.3 Å². The van der Waals surface area contributed by atoms with E-state index in [0.717, 1.165) is 5.82 Å². The number of anilines is 1. The Kier molecular flexibility index (Phi) is 3.57. The highest BCUT2D eigenvalue weighted by molar-refractivity contribution is 7.71. The van der Waals surface area contributed by atoms with E-state index < -0.39 is 0 Å². The molecule has 3 heterocycles. The van der Waals surface area contributed by atoms with Crippen LogP contribution < -0.4 is 5.32 Å². The van der Waals surface area contributed by atoms with Gasteiger partial charge in [0.1, 0.15) is 16.8 Å².